The van der Waals surface area contributed by atoms with Crippen molar-refractivity contribution < 1.29 is 19.4 Å². The number of carbonyl (C=O) groups is 1. The molecule has 168 valence electrons. The molecule has 1 N–H and O–H groups in total. The number of allylic oxidation sites excluding steroid dienone is 1. The van der Waals surface area contributed by atoms with E-state index in [0.29, 0.717) is 30.2 Å². The second-order valence-corrected chi connectivity index (χ2v) is 7.32. The molecule has 0 radical (unpaired) electrons. The first kappa shape index (κ1) is 23.4. The summed E-state index contributed by atoms with van der Waals surface area (Å²) in [7, 11) is 3.17. The van der Waals surface area contributed by atoms with Gasteiger partial charge < -0.3 is 14.6 Å². The summed E-state index contributed by atoms with van der Waals surface area (Å²) in [6, 6.07) is 14.8. The third-order valence-corrected chi connectivity index (χ3v) is 5.42. The highest BCUT2D eigenvalue weighted by Crippen LogP contribution is 2.28. The maximum absolute atomic E-state index is 11.5. The first-order valence-electron chi connectivity index (χ1n) is 10.6. The Bertz CT molecular complexity index is 1070. The number of aromatic nitrogens is 3. The smallest absolute Gasteiger partial charge is 0.336 e. The largest absolute Gasteiger partial charge is 0.478 e. The molecule has 7 nitrogen and oxygen atoms in total. The summed E-state index contributed by atoms with van der Waals surface area (Å²) in [5.41, 5.74) is 2.83. The summed E-state index contributed by atoms with van der Waals surface area (Å²) in [6.07, 6.45) is 5.43. The standard InChI is InChI=1S/C25H29N3O4/c1-5-7-12-22-26-24(25(6-2,31-3)32-4)27-28(22)17-18-13-15-19(16-14-18)20-10-8-9-11-21(20)23(29)30/h7-16H,5-6,17H2,1-4H3,(H,29,30)/b12-7+. The highest BCUT2D eigenvalue weighted by Gasteiger charge is 2.35. The van der Waals surface area contributed by atoms with E-state index in [-0.39, 0.29) is 5.56 Å². The van der Waals surface area contributed by atoms with Gasteiger partial charge in [-0.05, 0) is 35.3 Å². The molecule has 1 heterocycles. The second kappa shape index (κ2) is 10.3. The van der Waals surface area contributed by atoms with E-state index in [9.17, 15) is 9.90 Å². The summed E-state index contributed by atoms with van der Waals surface area (Å²) in [4.78, 5) is 16.2. The highest BCUT2D eigenvalue weighted by atomic mass is 16.7. The van der Waals surface area contributed by atoms with Gasteiger partial charge in [-0.1, -0.05) is 62.4 Å². The molecule has 2 aromatic carbocycles. The molecule has 1 aromatic heterocycles. The lowest BCUT2D eigenvalue weighted by Crippen LogP contribution is -2.31. The third kappa shape index (κ3) is 4.79. The number of hydrogen-bond donors (Lipinski definition) is 1. The van der Waals surface area contributed by atoms with Crippen LogP contribution in [0.1, 0.15) is 54.3 Å². The average molecular weight is 436 g/mol. The van der Waals surface area contributed by atoms with Gasteiger partial charge in [0, 0.05) is 20.6 Å². The zero-order valence-electron chi connectivity index (χ0n) is 18.9. The number of nitrogens with zero attached hydrogens (tertiary/aromatic N) is 3. The van der Waals surface area contributed by atoms with E-state index in [4.69, 9.17) is 9.47 Å². The van der Waals surface area contributed by atoms with Gasteiger partial charge in [-0.25, -0.2) is 14.5 Å². The molecular weight excluding hydrogens is 406 g/mol. The van der Waals surface area contributed by atoms with E-state index in [1.807, 2.05) is 60.2 Å². The van der Waals surface area contributed by atoms with Crippen LogP contribution in [0.2, 0.25) is 0 Å². The van der Waals surface area contributed by atoms with Crippen LogP contribution in [0.15, 0.2) is 54.6 Å². The number of hydrogen-bond acceptors (Lipinski definition) is 5. The summed E-state index contributed by atoms with van der Waals surface area (Å²) >= 11 is 0. The number of carboxylic acid groups (broad SMARTS) is 1. The van der Waals surface area contributed by atoms with Gasteiger partial charge >= 0.3 is 5.97 Å². The number of aromatic carboxylic acids is 1. The molecule has 7 heteroatoms. The molecule has 0 saturated carbocycles. The molecule has 3 rings (SSSR count). The van der Waals surface area contributed by atoms with Gasteiger partial charge in [-0.15, -0.1) is 5.10 Å². The first-order chi connectivity index (χ1) is 15.5. The quantitative estimate of drug-likeness (QED) is 0.453. The minimum atomic E-state index is -0.996. The second-order valence-electron chi connectivity index (χ2n) is 7.32. The van der Waals surface area contributed by atoms with Crippen molar-refractivity contribution in [3.63, 3.8) is 0 Å². The fraction of sp³-hybridized carbons (Fsp3) is 0.320. The Kier molecular flexibility index (Phi) is 7.56. The molecule has 0 aliphatic rings. The summed E-state index contributed by atoms with van der Waals surface area (Å²) in [6.45, 7) is 4.53. The minimum Gasteiger partial charge on any atom is -0.478 e. The molecular formula is C25H29N3O4. The van der Waals surface area contributed by atoms with Crippen molar-refractivity contribution in [2.24, 2.45) is 0 Å². The molecule has 0 saturated heterocycles. The molecule has 0 aliphatic heterocycles. The van der Waals surface area contributed by atoms with Crippen LogP contribution in [0, 0.1) is 0 Å². The van der Waals surface area contributed by atoms with Crippen LogP contribution in [0.5, 0.6) is 0 Å². The zero-order valence-corrected chi connectivity index (χ0v) is 18.9. The Hall–Kier alpha value is -3.29. The first-order valence-corrected chi connectivity index (χ1v) is 10.6. The fourth-order valence-corrected chi connectivity index (χ4v) is 3.58. The van der Waals surface area contributed by atoms with Gasteiger partial charge in [0.15, 0.2) is 5.82 Å². The Morgan fingerprint density at radius 1 is 1.09 bits per heavy atom. The van der Waals surface area contributed by atoms with Gasteiger partial charge in [0.2, 0.25) is 11.6 Å². The van der Waals surface area contributed by atoms with Crippen LogP contribution in [-0.2, 0) is 21.8 Å². The van der Waals surface area contributed by atoms with Crippen LogP contribution in [0.3, 0.4) is 0 Å². The van der Waals surface area contributed by atoms with Crippen molar-refractivity contribution in [3.05, 3.63) is 77.4 Å². The van der Waals surface area contributed by atoms with Crippen molar-refractivity contribution in [2.45, 2.75) is 39.0 Å². The molecule has 0 fully saturated rings. The van der Waals surface area contributed by atoms with Crippen LogP contribution in [0.4, 0.5) is 0 Å². The minimum absolute atomic E-state index is 0.281. The number of ether oxygens (including phenoxy) is 2. The van der Waals surface area contributed by atoms with E-state index in [0.717, 1.165) is 17.5 Å². The lowest BCUT2D eigenvalue weighted by atomic mass is 9.99. The Morgan fingerprint density at radius 3 is 2.38 bits per heavy atom. The van der Waals surface area contributed by atoms with E-state index in [1.165, 1.54) is 0 Å². The van der Waals surface area contributed by atoms with Crippen molar-refractivity contribution in [1.82, 2.24) is 14.8 Å². The van der Waals surface area contributed by atoms with Crippen molar-refractivity contribution in [1.29, 1.82) is 0 Å². The topological polar surface area (TPSA) is 86.5 Å². The van der Waals surface area contributed by atoms with E-state index in [2.05, 4.69) is 17.0 Å². The number of rotatable bonds is 10. The zero-order chi connectivity index (χ0) is 23.1. The van der Waals surface area contributed by atoms with Gasteiger partial charge in [-0.2, -0.15) is 0 Å². The average Bonchev–Trinajstić information content (AvgIpc) is 3.22. The predicted octanol–water partition coefficient (Wildman–Crippen LogP) is 4.97. The molecule has 0 aliphatic carbocycles. The monoisotopic (exact) mass is 435 g/mol. The SMILES string of the molecule is CC/C=C/c1nc(C(CC)(OC)OC)nn1Cc1ccc(-c2ccccc2C(=O)O)cc1. The lowest BCUT2D eigenvalue weighted by molar-refractivity contribution is -0.222. The van der Waals surface area contributed by atoms with Gasteiger partial charge in [0.25, 0.3) is 0 Å². The lowest BCUT2D eigenvalue weighted by Gasteiger charge is -2.26. The van der Waals surface area contributed by atoms with Gasteiger partial charge in [0.05, 0.1) is 12.1 Å². The Balaban J connectivity index is 1.93. The molecule has 0 amide bonds. The van der Waals surface area contributed by atoms with E-state index >= 15 is 0 Å². The maximum atomic E-state index is 11.5. The fourth-order valence-electron chi connectivity index (χ4n) is 3.58. The number of benzene rings is 2. The van der Waals surface area contributed by atoms with E-state index in [1.54, 1.807) is 26.4 Å². The molecule has 0 atom stereocenters. The molecule has 3 aromatic rings. The van der Waals surface area contributed by atoms with Crippen molar-refractivity contribution in [3.8, 4) is 11.1 Å². The Labute approximate surface area is 188 Å². The summed E-state index contributed by atoms with van der Waals surface area (Å²) in [5.74, 6) is -0.741. The van der Waals surface area contributed by atoms with Crippen molar-refractivity contribution in [2.75, 3.05) is 14.2 Å². The maximum Gasteiger partial charge on any atom is 0.336 e. The summed E-state index contributed by atoms with van der Waals surface area (Å²) < 4.78 is 13.0. The molecule has 0 unspecified atom stereocenters. The van der Waals surface area contributed by atoms with Crippen molar-refractivity contribution >= 4 is 12.0 Å². The van der Waals surface area contributed by atoms with Crippen LogP contribution >= 0.6 is 0 Å². The van der Waals surface area contributed by atoms with Crippen LogP contribution in [0.25, 0.3) is 17.2 Å². The molecule has 0 spiro atoms. The molecule has 0 bridgehead atoms. The number of methoxy groups -OCH3 is 2. The predicted molar refractivity (Wildman–Crippen MR) is 123 cm³/mol. The normalized spacial score (nSPS) is 11.9. The number of carboxylic acids is 1. The van der Waals surface area contributed by atoms with Crippen LogP contribution in [-0.4, -0.2) is 40.1 Å². The van der Waals surface area contributed by atoms with Crippen LogP contribution < -0.4 is 0 Å². The molecule has 32 heavy (non-hydrogen) atoms. The van der Waals surface area contributed by atoms with E-state index < -0.39 is 11.8 Å². The van der Waals surface area contributed by atoms with Gasteiger partial charge in [-0.3, -0.25) is 0 Å². The summed E-state index contributed by atoms with van der Waals surface area (Å²) in [5, 5.41) is 14.1. The highest BCUT2D eigenvalue weighted by molar-refractivity contribution is 5.95. The third-order valence-electron chi connectivity index (χ3n) is 5.42. The Morgan fingerprint density at radius 2 is 1.78 bits per heavy atom. The van der Waals surface area contributed by atoms with Gasteiger partial charge in [0.1, 0.15) is 0 Å².